The first-order valence-corrected chi connectivity index (χ1v) is 8.31. The Balaban J connectivity index is 1.77. The maximum absolute atomic E-state index is 11.9. The highest BCUT2D eigenvalue weighted by atomic mass is 127. The molecular weight excluding hydrogens is 363 g/mol. The van der Waals surface area contributed by atoms with Crippen LogP contribution in [0, 0.1) is 20.8 Å². The first-order valence-electron chi connectivity index (χ1n) is 7.24. The summed E-state index contributed by atoms with van der Waals surface area (Å²) < 4.78 is 1.16. The van der Waals surface area contributed by atoms with Gasteiger partial charge in [-0.2, -0.15) is 0 Å². The largest absolute Gasteiger partial charge is 0.338 e. The lowest BCUT2D eigenvalue weighted by Gasteiger charge is -2.52. The summed E-state index contributed by atoms with van der Waals surface area (Å²) in [6.07, 6.45) is 2.46. The number of hydrogen-bond acceptors (Lipinski definition) is 1. The van der Waals surface area contributed by atoms with Crippen LogP contribution in [0.5, 0.6) is 0 Å². The van der Waals surface area contributed by atoms with Gasteiger partial charge in [0.15, 0.2) is 0 Å². The molecule has 0 radical (unpaired) electrons. The van der Waals surface area contributed by atoms with Crippen LogP contribution in [0.2, 0.25) is 0 Å². The van der Waals surface area contributed by atoms with Crippen molar-refractivity contribution in [3.63, 3.8) is 0 Å². The summed E-state index contributed by atoms with van der Waals surface area (Å²) in [5, 5.41) is 5.87. The van der Waals surface area contributed by atoms with Gasteiger partial charge in [0.25, 0.3) is 0 Å². The van der Waals surface area contributed by atoms with Crippen LogP contribution in [0.3, 0.4) is 0 Å². The van der Waals surface area contributed by atoms with Gasteiger partial charge < -0.3 is 10.6 Å². The van der Waals surface area contributed by atoms with Crippen molar-refractivity contribution < 1.29 is 4.79 Å². The van der Waals surface area contributed by atoms with E-state index in [0.29, 0.717) is 11.3 Å². The van der Waals surface area contributed by atoms with Crippen LogP contribution in [-0.2, 0) is 0 Å². The third-order valence-corrected chi connectivity index (χ3v) is 5.50. The fraction of sp³-hybridized carbons (Fsp3) is 0.562. The number of benzene rings is 1. The molecule has 2 atom stereocenters. The Bertz CT molecular complexity index is 470. The number of rotatable bonds is 4. The van der Waals surface area contributed by atoms with Gasteiger partial charge in [-0.3, -0.25) is 0 Å². The number of anilines is 1. The summed E-state index contributed by atoms with van der Waals surface area (Å²) in [5.41, 5.74) is 1.19. The lowest BCUT2D eigenvalue weighted by molar-refractivity contribution is -0.0193. The smallest absolute Gasteiger partial charge is 0.319 e. The third-order valence-electron chi connectivity index (χ3n) is 4.78. The second kappa shape index (κ2) is 6.33. The highest BCUT2D eigenvalue weighted by Gasteiger charge is 2.46. The van der Waals surface area contributed by atoms with E-state index in [1.165, 1.54) is 12.8 Å². The lowest BCUT2D eigenvalue weighted by Crippen LogP contribution is -2.50. The van der Waals surface area contributed by atoms with Crippen molar-refractivity contribution in [1.29, 1.82) is 0 Å². The molecule has 1 aliphatic carbocycles. The number of hydrogen-bond donors (Lipinski definition) is 2. The minimum Gasteiger partial charge on any atom is -0.338 e. The standard InChI is InChI=1S/C16H23IN2O/c1-4-11-9-12(16(11,2)3)10-18-15(20)19-14-7-5-13(17)6-8-14/h5-8,11-12H,4,9-10H2,1-3H3,(H2,18,19,20)/t11-,12+/m0/s1. The van der Waals surface area contributed by atoms with Gasteiger partial charge in [0.05, 0.1) is 0 Å². The minimum atomic E-state index is -0.109. The van der Waals surface area contributed by atoms with Crippen LogP contribution in [0.1, 0.15) is 33.6 Å². The topological polar surface area (TPSA) is 41.1 Å². The second-order valence-corrected chi connectivity index (χ2v) is 7.45. The Kier molecular flexibility index (Phi) is 4.94. The Morgan fingerprint density at radius 1 is 1.30 bits per heavy atom. The van der Waals surface area contributed by atoms with Gasteiger partial charge >= 0.3 is 6.03 Å². The van der Waals surface area contributed by atoms with Gasteiger partial charge in [-0.1, -0.05) is 27.2 Å². The summed E-state index contributed by atoms with van der Waals surface area (Å²) in [4.78, 5) is 11.9. The zero-order chi connectivity index (χ0) is 14.8. The molecule has 1 aromatic rings. The van der Waals surface area contributed by atoms with Gasteiger partial charge in [0, 0.05) is 15.8 Å². The second-order valence-electron chi connectivity index (χ2n) is 6.20. The van der Waals surface area contributed by atoms with Gasteiger partial charge in [0.2, 0.25) is 0 Å². The predicted molar refractivity (Wildman–Crippen MR) is 91.8 cm³/mol. The molecule has 0 saturated heterocycles. The summed E-state index contributed by atoms with van der Waals surface area (Å²) >= 11 is 2.25. The van der Waals surface area contributed by atoms with Gasteiger partial charge in [0.1, 0.15) is 0 Å². The van der Waals surface area contributed by atoms with Crippen LogP contribution in [0.4, 0.5) is 10.5 Å². The molecule has 1 aromatic carbocycles. The van der Waals surface area contributed by atoms with Crippen molar-refractivity contribution in [3.05, 3.63) is 27.8 Å². The molecule has 0 aliphatic heterocycles. The van der Waals surface area contributed by atoms with E-state index in [2.05, 4.69) is 54.0 Å². The fourth-order valence-electron chi connectivity index (χ4n) is 3.09. The van der Waals surface area contributed by atoms with E-state index in [-0.39, 0.29) is 6.03 Å². The molecule has 2 rings (SSSR count). The highest BCUT2D eigenvalue weighted by molar-refractivity contribution is 14.1. The van der Waals surface area contributed by atoms with E-state index in [0.717, 1.165) is 21.7 Å². The van der Waals surface area contributed by atoms with E-state index in [1.807, 2.05) is 24.3 Å². The summed E-state index contributed by atoms with van der Waals surface area (Å²) in [5.74, 6) is 1.39. The zero-order valence-electron chi connectivity index (χ0n) is 12.4. The van der Waals surface area contributed by atoms with Crippen LogP contribution < -0.4 is 10.6 Å². The zero-order valence-corrected chi connectivity index (χ0v) is 14.5. The van der Waals surface area contributed by atoms with Crippen molar-refractivity contribution >= 4 is 34.3 Å². The quantitative estimate of drug-likeness (QED) is 0.736. The van der Waals surface area contributed by atoms with Crippen molar-refractivity contribution in [2.45, 2.75) is 33.6 Å². The maximum Gasteiger partial charge on any atom is 0.319 e. The van der Waals surface area contributed by atoms with E-state index >= 15 is 0 Å². The molecule has 0 aromatic heterocycles. The van der Waals surface area contributed by atoms with Crippen LogP contribution in [-0.4, -0.2) is 12.6 Å². The molecule has 0 spiro atoms. The third kappa shape index (κ3) is 3.45. The molecule has 2 N–H and O–H groups in total. The number of halogens is 1. The average Bonchev–Trinajstić information content (AvgIpc) is 2.40. The monoisotopic (exact) mass is 386 g/mol. The summed E-state index contributed by atoms with van der Waals surface area (Å²) in [6.45, 7) is 7.64. The van der Waals surface area contributed by atoms with E-state index in [1.54, 1.807) is 0 Å². The van der Waals surface area contributed by atoms with Crippen LogP contribution in [0.15, 0.2) is 24.3 Å². The van der Waals surface area contributed by atoms with Crippen molar-refractivity contribution in [2.24, 2.45) is 17.3 Å². The minimum absolute atomic E-state index is 0.109. The molecule has 0 unspecified atom stereocenters. The van der Waals surface area contributed by atoms with Crippen LogP contribution >= 0.6 is 22.6 Å². The Hall–Kier alpha value is -0.780. The normalized spacial score (nSPS) is 23.8. The highest BCUT2D eigenvalue weighted by Crippen LogP contribution is 2.52. The summed E-state index contributed by atoms with van der Waals surface area (Å²) in [6, 6.07) is 7.69. The number of nitrogens with one attached hydrogen (secondary N) is 2. The van der Waals surface area contributed by atoms with Gasteiger partial charge in [-0.05, 0) is 70.5 Å². The fourth-order valence-corrected chi connectivity index (χ4v) is 3.45. The van der Waals surface area contributed by atoms with E-state index in [4.69, 9.17) is 0 Å². The molecule has 3 nitrogen and oxygen atoms in total. The Morgan fingerprint density at radius 3 is 2.50 bits per heavy atom. The Labute approximate surface area is 135 Å². The molecule has 1 aliphatic rings. The van der Waals surface area contributed by atoms with Crippen molar-refractivity contribution in [3.8, 4) is 0 Å². The number of carbonyl (C=O) groups excluding carboxylic acids is 1. The van der Waals surface area contributed by atoms with Crippen molar-refractivity contribution in [2.75, 3.05) is 11.9 Å². The SMILES string of the molecule is CC[C@H]1C[C@H](CNC(=O)Nc2ccc(I)cc2)C1(C)C. The average molecular weight is 386 g/mol. The van der Waals surface area contributed by atoms with E-state index in [9.17, 15) is 4.79 Å². The number of carbonyl (C=O) groups is 1. The molecule has 1 saturated carbocycles. The maximum atomic E-state index is 11.9. The number of urea groups is 1. The molecule has 0 heterocycles. The molecule has 2 amide bonds. The number of amides is 2. The van der Waals surface area contributed by atoms with Gasteiger partial charge in [-0.15, -0.1) is 0 Å². The molecule has 4 heteroatoms. The van der Waals surface area contributed by atoms with E-state index < -0.39 is 0 Å². The summed E-state index contributed by atoms with van der Waals surface area (Å²) in [7, 11) is 0. The van der Waals surface area contributed by atoms with Crippen molar-refractivity contribution in [1.82, 2.24) is 5.32 Å². The van der Waals surface area contributed by atoms with Gasteiger partial charge in [-0.25, -0.2) is 4.79 Å². The molecule has 0 bridgehead atoms. The first kappa shape index (κ1) is 15.6. The molecule has 1 fully saturated rings. The molecule has 20 heavy (non-hydrogen) atoms. The first-order chi connectivity index (χ1) is 9.43. The Morgan fingerprint density at radius 2 is 1.95 bits per heavy atom. The molecular formula is C16H23IN2O. The predicted octanol–water partition coefficient (Wildman–Crippen LogP) is 4.49. The lowest BCUT2D eigenvalue weighted by atomic mass is 9.54. The molecule has 110 valence electrons. The van der Waals surface area contributed by atoms with Crippen LogP contribution in [0.25, 0.3) is 0 Å².